The molecule has 96 valence electrons. The van der Waals surface area contributed by atoms with Gasteiger partial charge >= 0.3 is 5.82 Å². The lowest BCUT2D eigenvalue weighted by Crippen LogP contribution is -1.99. The van der Waals surface area contributed by atoms with Gasteiger partial charge in [-0.15, -0.1) is 0 Å². The topological polar surface area (TPSA) is 78.8 Å². The van der Waals surface area contributed by atoms with Crippen LogP contribution >= 0.6 is 11.8 Å². The van der Waals surface area contributed by atoms with Gasteiger partial charge in [0, 0.05) is 26.0 Å². The van der Waals surface area contributed by atoms with Gasteiger partial charge in [-0.25, -0.2) is 4.98 Å². The van der Waals surface area contributed by atoms with Crippen molar-refractivity contribution in [2.75, 3.05) is 0 Å². The van der Waals surface area contributed by atoms with Crippen LogP contribution in [0.25, 0.3) is 0 Å². The van der Waals surface area contributed by atoms with Gasteiger partial charge < -0.3 is 19.2 Å². The number of nitro groups is 1. The second-order valence-corrected chi connectivity index (χ2v) is 4.70. The predicted molar refractivity (Wildman–Crippen MR) is 66.5 cm³/mol. The van der Waals surface area contributed by atoms with E-state index in [-0.39, 0.29) is 5.82 Å². The van der Waals surface area contributed by atoms with Crippen molar-refractivity contribution < 1.29 is 4.92 Å². The third-order valence-electron chi connectivity index (χ3n) is 2.37. The lowest BCUT2D eigenvalue weighted by atomic mass is 10.5. The summed E-state index contributed by atoms with van der Waals surface area (Å²) in [7, 11) is 1.73. The van der Waals surface area contributed by atoms with E-state index in [0.29, 0.717) is 5.03 Å². The summed E-state index contributed by atoms with van der Waals surface area (Å²) in [5.74, 6) is -0.131. The number of nitrogens with zero attached hydrogens (tertiary/aromatic N) is 5. The maximum atomic E-state index is 10.9. The molecule has 0 atom stereocenters. The third-order valence-corrected chi connectivity index (χ3v) is 3.55. The van der Waals surface area contributed by atoms with E-state index in [2.05, 4.69) is 16.9 Å². The van der Waals surface area contributed by atoms with Crippen LogP contribution in [0.15, 0.2) is 28.9 Å². The molecule has 8 heteroatoms. The zero-order chi connectivity index (χ0) is 13.1. The van der Waals surface area contributed by atoms with Crippen molar-refractivity contribution in [2.45, 2.75) is 30.1 Å². The average molecular weight is 267 g/mol. The first-order chi connectivity index (χ1) is 8.63. The van der Waals surface area contributed by atoms with Crippen molar-refractivity contribution in [3.63, 3.8) is 0 Å². The van der Waals surface area contributed by atoms with E-state index in [9.17, 15) is 10.1 Å². The highest BCUT2D eigenvalue weighted by atomic mass is 32.2. The molecule has 0 fully saturated rings. The zero-order valence-electron chi connectivity index (χ0n) is 10.1. The van der Waals surface area contributed by atoms with E-state index in [1.54, 1.807) is 17.8 Å². The molecule has 2 aromatic rings. The summed E-state index contributed by atoms with van der Waals surface area (Å²) in [5.41, 5.74) is 0. The number of hydrogen-bond donors (Lipinski definition) is 0. The summed E-state index contributed by atoms with van der Waals surface area (Å²) in [6.45, 7) is 2.91. The molecule has 7 nitrogen and oxygen atoms in total. The highest BCUT2D eigenvalue weighted by Crippen LogP contribution is 2.32. The van der Waals surface area contributed by atoms with Crippen molar-refractivity contribution in [3.8, 4) is 0 Å². The fraction of sp³-hybridized carbons (Fsp3) is 0.400. The van der Waals surface area contributed by atoms with E-state index < -0.39 is 4.92 Å². The largest absolute Gasteiger partial charge is 0.396 e. The Labute approximate surface area is 108 Å². The summed E-state index contributed by atoms with van der Waals surface area (Å²) in [4.78, 5) is 18.4. The molecule has 0 N–H and O–H groups in total. The van der Waals surface area contributed by atoms with Gasteiger partial charge in [-0.3, -0.25) is 0 Å². The van der Waals surface area contributed by atoms with Crippen LogP contribution in [0.4, 0.5) is 5.82 Å². The van der Waals surface area contributed by atoms with E-state index in [4.69, 9.17) is 0 Å². The van der Waals surface area contributed by atoms with Crippen LogP contribution in [-0.4, -0.2) is 24.0 Å². The summed E-state index contributed by atoms with van der Waals surface area (Å²) < 4.78 is 3.61. The molecule has 2 aromatic heterocycles. The maximum Gasteiger partial charge on any atom is 0.396 e. The first-order valence-corrected chi connectivity index (χ1v) is 6.29. The van der Waals surface area contributed by atoms with Gasteiger partial charge in [-0.1, -0.05) is 6.92 Å². The monoisotopic (exact) mass is 267 g/mol. The Bertz CT molecular complexity index is 562. The average Bonchev–Trinajstić information content (AvgIpc) is 2.89. The molecule has 0 bridgehead atoms. The molecule has 2 heterocycles. The van der Waals surface area contributed by atoms with Gasteiger partial charge in [0.05, 0.1) is 0 Å². The minimum atomic E-state index is -0.477. The molecule has 0 saturated heterocycles. The highest BCUT2D eigenvalue weighted by molar-refractivity contribution is 7.99. The first-order valence-electron chi connectivity index (χ1n) is 5.48. The quantitative estimate of drug-likeness (QED) is 0.612. The van der Waals surface area contributed by atoms with Crippen LogP contribution in [0, 0.1) is 10.1 Å². The summed E-state index contributed by atoms with van der Waals surface area (Å²) >= 11 is 1.26. The van der Waals surface area contributed by atoms with Crippen LogP contribution in [0.2, 0.25) is 0 Å². The van der Waals surface area contributed by atoms with E-state index in [1.807, 2.05) is 10.8 Å². The molecule has 18 heavy (non-hydrogen) atoms. The molecular weight excluding hydrogens is 254 g/mol. The van der Waals surface area contributed by atoms with Crippen LogP contribution in [0.1, 0.15) is 13.3 Å². The van der Waals surface area contributed by atoms with Gasteiger partial charge in [0.15, 0.2) is 10.2 Å². The molecule has 0 unspecified atom stereocenters. The van der Waals surface area contributed by atoms with Crippen molar-refractivity contribution in [1.82, 2.24) is 19.1 Å². The first kappa shape index (κ1) is 12.6. The van der Waals surface area contributed by atoms with Gasteiger partial charge in [-0.2, -0.15) is 0 Å². The zero-order valence-corrected chi connectivity index (χ0v) is 10.9. The Morgan fingerprint density at radius 1 is 1.50 bits per heavy atom. The highest BCUT2D eigenvalue weighted by Gasteiger charge is 2.22. The summed E-state index contributed by atoms with van der Waals surface area (Å²) in [6.07, 6.45) is 5.99. The second-order valence-electron chi connectivity index (χ2n) is 3.75. The summed E-state index contributed by atoms with van der Waals surface area (Å²) in [5, 5.41) is 12.1. The predicted octanol–water partition coefficient (Wildman–Crippen LogP) is 2.09. The SMILES string of the molecule is CCCn1ccnc1Sc1c([N+](=O)[O-])ncn1C. The Morgan fingerprint density at radius 2 is 2.28 bits per heavy atom. The number of imidazole rings is 2. The molecule has 0 spiro atoms. The lowest BCUT2D eigenvalue weighted by Gasteiger charge is -2.05. The van der Waals surface area contributed by atoms with E-state index >= 15 is 0 Å². The van der Waals surface area contributed by atoms with Crippen molar-refractivity contribution in [1.29, 1.82) is 0 Å². The standard InChI is InChI=1S/C10H13N5O2S/c1-3-5-14-6-4-11-10(14)18-9-8(15(16)17)12-7-13(9)2/h4,6-7H,3,5H2,1-2H3. The fourth-order valence-corrected chi connectivity index (χ4v) is 2.51. The molecule has 0 aliphatic carbocycles. The minimum Gasteiger partial charge on any atom is -0.358 e. The maximum absolute atomic E-state index is 10.9. The molecular formula is C10H13N5O2S. The van der Waals surface area contributed by atoms with Gasteiger partial charge in [-0.05, 0) is 28.1 Å². The van der Waals surface area contributed by atoms with Crippen molar-refractivity contribution in [2.24, 2.45) is 7.05 Å². The second kappa shape index (κ2) is 5.21. The molecule has 0 aromatic carbocycles. The Hall–Kier alpha value is -1.83. The Kier molecular flexibility index (Phi) is 3.66. The smallest absolute Gasteiger partial charge is 0.358 e. The lowest BCUT2D eigenvalue weighted by molar-refractivity contribution is -0.392. The molecule has 0 radical (unpaired) electrons. The number of aromatic nitrogens is 4. The summed E-state index contributed by atoms with van der Waals surface area (Å²) in [6, 6.07) is 0. The van der Waals surface area contributed by atoms with Crippen molar-refractivity contribution in [3.05, 3.63) is 28.8 Å². The number of aryl methyl sites for hydroxylation is 2. The fourth-order valence-electron chi connectivity index (χ4n) is 1.55. The number of hydrogen-bond acceptors (Lipinski definition) is 5. The van der Waals surface area contributed by atoms with Crippen molar-refractivity contribution >= 4 is 17.6 Å². The molecule has 0 amide bonds. The van der Waals surface area contributed by atoms with E-state index in [1.165, 1.54) is 18.1 Å². The Balaban J connectivity index is 2.31. The van der Waals surface area contributed by atoms with E-state index in [0.717, 1.165) is 18.1 Å². The minimum absolute atomic E-state index is 0.131. The molecule has 2 rings (SSSR count). The van der Waals surface area contributed by atoms with Gasteiger partial charge in [0.25, 0.3) is 0 Å². The normalized spacial score (nSPS) is 10.8. The molecule has 0 saturated carbocycles. The number of rotatable bonds is 5. The van der Waals surface area contributed by atoms with Gasteiger partial charge in [0.2, 0.25) is 6.33 Å². The Morgan fingerprint density at radius 3 is 2.94 bits per heavy atom. The van der Waals surface area contributed by atoms with Crippen LogP contribution in [0.3, 0.4) is 0 Å². The third kappa shape index (κ3) is 2.37. The molecule has 0 aliphatic rings. The van der Waals surface area contributed by atoms with Crippen LogP contribution in [0.5, 0.6) is 0 Å². The molecule has 0 aliphatic heterocycles. The van der Waals surface area contributed by atoms with Crippen LogP contribution < -0.4 is 0 Å². The van der Waals surface area contributed by atoms with Gasteiger partial charge in [0.1, 0.15) is 0 Å². The van der Waals surface area contributed by atoms with Crippen LogP contribution in [-0.2, 0) is 13.6 Å².